The second-order valence-corrected chi connectivity index (χ2v) is 4.48. The highest BCUT2D eigenvalue weighted by molar-refractivity contribution is 5.95. The van der Waals surface area contributed by atoms with Crippen LogP contribution in [0.3, 0.4) is 0 Å². The third kappa shape index (κ3) is 3.20. The van der Waals surface area contributed by atoms with Crippen LogP contribution < -0.4 is 5.32 Å². The van der Waals surface area contributed by atoms with Crippen molar-refractivity contribution in [3.63, 3.8) is 0 Å². The van der Waals surface area contributed by atoms with Crippen LogP contribution in [-0.4, -0.2) is 28.8 Å². The van der Waals surface area contributed by atoms with Crippen LogP contribution in [0.4, 0.5) is 5.69 Å². The lowest BCUT2D eigenvalue weighted by Crippen LogP contribution is -2.30. The van der Waals surface area contributed by atoms with Crippen molar-refractivity contribution in [2.45, 2.75) is 26.8 Å². The zero-order valence-electron chi connectivity index (χ0n) is 10.4. The fourth-order valence-corrected chi connectivity index (χ4v) is 1.65. The molecule has 0 heterocycles. The first kappa shape index (κ1) is 13.5. The van der Waals surface area contributed by atoms with Gasteiger partial charge in [-0.3, -0.25) is 0 Å². The molecule has 0 saturated heterocycles. The topological polar surface area (TPSA) is 69.6 Å². The molecule has 0 spiro atoms. The van der Waals surface area contributed by atoms with E-state index in [0.29, 0.717) is 5.69 Å². The van der Waals surface area contributed by atoms with Gasteiger partial charge in [0, 0.05) is 0 Å². The third-order valence-electron chi connectivity index (χ3n) is 2.83. The maximum absolute atomic E-state index is 11.1. The van der Waals surface area contributed by atoms with Crippen molar-refractivity contribution in [2.24, 2.45) is 5.92 Å². The Labute approximate surface area is 101 Å². The fourth-order valence-electron chi connectivity index (χ4n) is 1.65. The van der Waals surface area contributed by atoms with Crippen LogP contribution >= 0.6 is 0 Å². The molecule has 17 heavy (non-hydrogen) atoms. The normalized spacial score (nSPS) is 12.5. The van der Waals surface area contributed by atoms with Crippen molar-refractivity contribution in [3.8, 4) is 0 Å². The number of aliphatic hydroxyl groups excluding tert-OH is 1. The maximum Gasteiger partial charge on any atom is 0.337 e. The van der Waals surface area contributed by atoms with Crippen LogP contribution in [0.5, 0.6) is 0 Å². The first-order valence-electron chi connectivity index (χ1n) is 5.67. The lowest BCUT2D eigenvalue weighted by atomic mass is 10.0. The van der Waals surface area contributed by atoms with Gasteiger partial charge in [-0.25, -0.2) is 4.79 Å². The predicted octanol–water partition coefficient (Wildman–Crippen LogP) is 2.12. The summed E-state index contributed by atoms with van der Waals surface area (Å²) in [6, 6.07) is 4.98. The lowest BCUT2D eigenvalue weighted by molar-refractivity contribution is 0.0697. The highest BCUT2D eigenvalue weighted by Crippen LogP contribution is 2.22. The first-order valence-corrected chi connectivity index (χ1v) is 5.67. The highest BCUT2D eigenvalue weighted by atomic mass is 16.4. The molecular weight excluding hydrogens is 218 g/mol. The van der Waals surface area contributed by atoms with E-state index in [1.165, 1.54) is 0 Å². The van der Waals surface area contributed by atoms with Crippen LogP contribution in [0.15, 0.2) is 18.2 Å². The van der Waals surface area contributed by atoms with Crippen molar-refractivity contribution in [1.29, 1.82) is 0 Å². The number of aliphatic hydroxyl groups is 1. The summed E-state index contributed by atoms with van der Waals surface area (Å²) < 4.78 is 0. The summed E-state index contributed by atoms with van der Waals surface area (Å²) in [5.41, 5.74) is 1.70. The van der Waals surface area contributed by atoms with Gasteiger partial charge >= 0.3 is 5.97 Å². The number of carbonyl (C=O) groups is 1. The fraction of sp³-hybridized carbons (Fsp3) is 0.462. The molecule has 94 valence electrons. The molecule has 1 unspecified atom stereocenters. The lowest BCUT2D eigenvalue weighted by Gasteiger charge is -2.23. The quantitative estimate of drug-likeness (QED) is 0.733. The Morgan fingerprint density at radius 2 is 2.06 bits per heavy atom. The molecule has 0 aromatic heterocycles. The van der Waals surface area contributed by atoms with E-state index in [1.54, 1.807) is 12.1 Å². The summed E-state index contributed by atoms with van der Waals surface area (Å²) in [4.78, 5) is 11.1. The average Bonchev–Trinajstić information content (AvgIpc) is 2.26. The Morgan fingerprint density at radius 1 is 1.41 bits per heavy atom. The minimum Gasteiger partial charge on any atom is -0.478 e. The van der Waals surface area contributed by atoms with Crippen LogP contribution in [0, 0.1) is 12.8 Å². The molecule has 0 fully saturated rings. The Morgan fingerprint density at radius 3 is 2.53 bits per heavy atom. The van der Waals surface area contributed by atoms with E-state index in [0.717, 1.165) is 5.56 Å². The molecule has 0 aliphatic heterocycles. The first-order chi connectivity index (χ1) is 7.97. The minimum atomic E-state index is -0.961. The zero-order valence-corrected chi connectivity index (χ0v) is 10.4. The van der Waals surface area contributed by atoms with Crippen molar-refractivity contribution in [3.05, 3.63) is 29.3 Å². The molecular formula is C13H19NO3. The van der Waals surface area contributed by atoms with E-state index >= 15 is 0 Å². The minimum absolute atomic E-state index is 0.0228. The highest BCUT2D eigenvalue weighted by Gasteiger charge is 2.17. The Kier molecular flexibility index (Phi) is 4.52. The van der Waals surface area contributed by atoms with E-state index in [9.17, 15) is 9.90 Å². The molecule has 1 rings (SSSR count). The number of hydrogen-bond donors (Lipinski definition) is 3. The standard InChI is InChI=1S/C13H19NO3/c1-8(2)11(7-15)14-12-9(3)5-4-6-10(12)13(16)17/h4-6,8,11,14-15H,7H2,1-3H3,(H,16,17). The second kappa shape index (κ2) is 5.68. The summed E-state index contributed by atoms with van der Waals surface area (Å²) in [5.74, 6) is -0.738. The van der Waals surface area contributed by atoms with Crippen LogP contribution in [0.1, 0.15) is 29.8 Å². The number of carboxylic acid groups (broad SMARTS) is 1. The number of benzene rings is 1. The van der Waals surface area contributed by atoms with Gasteiger partial charge < -0.3 is 15.5 Å². The molecule has 0 amide bonds. The number of anilines is 1. The maximum atomic E-state index is 11.1. The molecule has 4 nitrogen and oxygen atoms in total. The van der Waals surface area contributed by atoms with Gasteiger partial charge in [0.05, 0.1) is 23.9 Å². The molecule has 0 aliphatic carbocycles. The number of hydrogen-bond acceptors (Lipinski definition) is 3. The predicted molar refractivity (Wildman–Crippen MR) is 67.5 cm³/mol. The average molecular weight is 237 g/mol. The Hall–Kier alpha value is -1.55. The number of aryl methyl sites for hydroxylation is 1. The monoisotopic (exact) mass is 237 g/mol. The van der Waals surface area contributed by atoms with Gasteiger partial charge in [-0.15, -0.1) is 0 Å². The van der Waals surface area contributed by atoms with Gasteiger partial charge in [0.1, 0.15) is 0 Å². The number of para-hydroxylation sites is 1. The summed E-state index contributed by atoms with van der Waals surface area (Å²) in [6.45, 7) is 5.79. The molecule has 0 aliphatic rings. The smallest absolute Gasteiger partial charge is 0.337 e. The van der Waals surface area contributed by atoms with Crippen LogP contribution in [-0.2, 0) is 0 Å². The van der Waals surface area contributed by atoms with E-state index < -0.39 is 5.97 Å². The van der Waals surface area contributed by atoms with Gasteiger partial charge in [0.15, 0.2) is 0 Å². The molecule has 1 aromatic rings. The second-order valence-electron chi connectivity index (χ2n) is 4.48. The van der Waals surface area contributed by atoms with E-state index in [2.05, 4.69) is 5.32 Å². The number of nitrogens with one attached hydrogen (secondary N) is 1. The van der Waals surface area contributed by atoms with E-state index in [4.69, 9.17) is 5.11 Å². The van der Waals surface area contributed by atoms with Gasteiger partial charge in [-0.1, -0.05) is 26.0 Å². The Bertz CT molecular complexity index is 402. The van der Waals surface area contributed by atoms with Crippen molar-refractivity contribution in [2.75, 3.05) is 11.9 Å². The van der Waals surface area contributed by atoms with Gasteiger partial charge in [-0.2, -0.15) is 0 Å². The van der Waals surface area contributed by atoms with Crippen LogP contribution in [0.25, 0.3) is 0 Å². The van der Waals surface area contributed by atoms with E-state index in [-0.39, 0.29) is 24.1 Å². The summed E-state index contributed by atoms with van der Waals surface area (Å²) >= 11 is 0. The van der Waals surface area contributed by atoms with Crippen LogP contribution in [0.2, 0.25) is 0 Å². The summed E-state index contributed by atoms with van der Waals surface area (Å²) in [6.07, 6.45) is 0. The number of carboxylic acids is 1. The zero-order chi connectivity index (χ0) is 13.0. The Balaban J connectivity index is 3.07. The SMILES string of the molecule is Cc1cccc(C(=O)O)c1NC(CO)C(C)C. The van der Waals surface area contributed by atoms with E-state index in [1.807, 2.05) is 26.8 Å². The summed E-state index contributed by atoms with van der Waals surface area (Å²) in [7, 11) is 0. The molecule has 0 bridgehead atoms. The molecule has 0 radical (unpaired) electrons. The molecule has 1 aromatic carbocycles. The van der Waals surface area contributed by atoms with Gasteiger partial charge in [-0.05, 0) is 24.5 Å². The van der Waals surface area contributed by atoms with Crippen molar-refractivity contribution >= 4 is 11.7 Å². The third-order valence-corrected chi connectivity index (χ3v) is 2.83. The van der Waals surface area contributed by atoms with Crippen molar-refractivity contribution < 1.29 is 15.0 Å². The number of aromatic carboxylic acids is 1. The van der Waals surface area contributed by atoms with Crippen molar-refractivity contribution in [1.82, 2.24) is 0 Å². The molecule has 1 atom stereocenters. The molecule has 0 saturated carbocycles. The summed E-state index contributed by atoms with van der Waals surface area (Å²) in [5, 5.41) is 21.5. The largest absolute Gasteiger partial charge is 0.478 e. The van der Waals surface area contributed by atoms with Gasteiger partial charge in [0.25, 0.3) is 0 Å². The molecule has 3 N–H and O–H groups in total. The van der Waals surface area contributed by atoms with Gasteiger partial charge in [0.2, 0.25) is 0 Å². The number of rotatable bonds is 5. The molecule has 4 heteroatoms.